The van der Waals surface area contributed by atoms with E-state index in [0.29, 0.717) is 11.4 Å². The second-order valence-electron chi connectivity index (χ2n) is 3.43. The fourth-order valence-corrected chi connectivity index (χ4v) is 1.02. The third-order valence-corrected chi connectivity index (χ3v) is 1.93. The lowest BCUT2D eigenvalue weighted by molar-refractivity contribution is 0.474. The van der Waals surface area contributed by atoms with Gasteiger partial charge in [-0.1, -0.05) is 17.7 Å². The van der Waals surface area contributed by atoms with Crippen molar-refractivity contribution in [3.63, 3.8) is 0 Å². The highest BCUT2D eigenvalue weighted by Crippen LogP contribution is 2.09. The molecule has 2 aromatic rings. The Labute approximate surface area is 94.8 Å². The average molecular weight is 217 g/mol. The number of hydrogen-bond acceptors (Lipinski definition) is 3. The van der Waals surface area contributed by atoms with Gasteiger partial charge in [-0.05, 0) is 43.3 Å². The molecule has 0 fully saturated rings. The number of phenols is 2. The molecular weight excluding hydrogens is 202 g/mol. The highest BCUT2D eigenvalue weighted by molar-refractivity contribution is 5.40. The summed E-state index contributed by atoms with van der Waals surface area (Å²) in [5.74, 6) is 0.579. The number of anilines is 1. The minimum atomic E-state index is 0.249. The number of aromatic hydroxyl groups is 2. The molecule has 0 aromatic heterocycles. The van der Waals surface area contributed by atoms with Crippen LogP contribution in [-0.4, -0.2) is 10.2 Å². The third kappa shape index (κ3) is 4.37. The van der Waals surface area contributed by atoms with Crippen molar-refractivity contribution in [1.29, 1.82) is 0 Å². The van der Waals surface area contributed by atoms with Crippen LogP contribution in [0, 0.1) is 6.92 Å². The Kier molecular flexibility index (Phi) is 4.21. The van der Waals surface area contributed by atoms with Crippen LogP contribution in [0.2, 0.25) is 0 Å². The minimum absolute atomic E-state index is 0.249. The monoisotopic (exact) mass is 217 g/mol. The summed E-state index contributed by atoms with van der Waals surface area (Å²) in [7, 11) is 0. The number of benzene rings is 2. The van der Waals surface area contributed by atoms with Gasteiger partial charge < -0.3 is 15.9 Å². The molecule has 0 heterocycles. The van der Waals surface area contributed by atoms with Crippen LogP contribution in [-0.2, 0) is 0 Å². The largest absolute Gasteiger partial charge is 0.508 e. The molecule has 0 aliphatic heterocycles. The van der Waals surface area contributed by atoms with Gasteiger partial charge in [-0.15, -0.1) is 0 Å². The topological polar surface area (TPSA) is 66.5 Å². The Morgan fingerprint density at radius 3 is 1.44 bits per heavy atom. The Hall–Kier alpha value is -2.16. The zero-order chi connectivity index (χ0) is 12.0. The van der Waals surface area contributed by atoms with E-state index in [1.807, 2.05) is 19.1 Å². The van der Waals surface area contributed by atoms with Crippen molar-refractivity contribution in [2.24, 2.45) is 0 Å². The highest BCUT2D eigenvalue weighted by Gasteiger charge is 1.83. The summed E-state index contributed by atoms with van der Waals surface area (Å²) in [6, 6.07) is 13.5. The van der Waals surface area contributed by atoms with Gasteiger partial charge in [-0.3, -0.25) is 0 Å². The number of nitrogen functional groups attached to an aromatic ring is 1. The standard InChI is InChI=1S/C7H8O.C6H7NO/c1-6-2-4-7(8)5-3-6;7-5-1-3-6(8)4-2-5/h2-5,8H,1H3;1-4,8H,7H2. The Balaban J connectivity index is 0.000000160. The second-order valence-corrected chi connectivity index (χ2v) is 3.43. The van der Waals surface area contributed by atoms with Crippen molar-refractivity contribution in [3.8, 4) is 11.5 Å². The fourth-order valence-electron chi connectivity index (χ4n) is 1.02. The number of hydrogen-bond donors (Lipinski definition) is 3. The maximum Gasteiger partial charge on any atom is 0.115 e. The van der Waals surface area contributed by atoms with Gasteiger partial charge in [0.25, 0.3) is 0 Å². The van der Waals surface area contributed by atoms with Crippen molar-refractivity contribution < 1.29 is 10.2 Å². The number of rotatable bonds is 0. The molecule has 4 N–H and O–H groups in total. The first-order valence-electron chi connectivity index (χ1n) is 4.88. The van der Waals surface area contributed by atoms with Crippen molar-refractivity contribution in [2.45, 2.75) is 6.92 Å². The molecule has 0 atom stereocenters. The van der Waals surface area contributed by atoms with Gasteiger partial charge in [0, 0.05) is 5.69 Å². The molecule has 0 saturated carbocycles. The van der Waals surface area contributed by atoms with E-state index in [1.54, 1.807) is 36.4 Å². The normalized spacial score (nSPS) is 9.06. The molecule has 16 heavy (non-hydrogen) atoms. The first-order valence-corrected chi connectivity index (χ1v) is 4.88. The number of nitrogens with two attached hydrogens (primary N) is 1. The van der Waals surface area contributed by atoms with Gasteiger partial charge in [0.2, 0.25) is 0 Å². The van der Waals surface area contributed by atoms with Crippen LogP contribution in [0.3, 0.4) is 0 Å². The zero-order valence-electron chi connectivity index (χ0n) is 9.09. The highest BCUT2D eigenvalue weighted by atomic mass is 16.3. The minimum Gasteiger partial charge on any atom is -0.508 e. The molecule has 0 radical (unpaired) electrons. The van der Waals surface area contributed by atoms with E-state index in [4.69, 9.17) is 15.9 Å². The maximum atomic E-state index is 8.76. The van der Waals surface area contributed by atoms with Crippen LogP contribution in [0.1, 0.15) is 5.56 Å². The van der Waals surface area contributed by atoms with E-state index in [0.717, 1.165) is 0 Å². The van der Waals surface area contributed by atoms with Gasteiger partial charge >= 0.3 is 0 Å². The summed E-state index contributed by atoms with van der Waals surface area (Å²) in [5, 5.41) is 17.5. The van der Waals surface area contributed by atoms with Crippen LogP contribution < -0.4 is 5.73 Å². The molecule has 0 aliphatic rings. The Morgan fingerprint density at radius 2 is 1.12 bits per heavy atom. The van der Waals surface area contributed by atoms with Gasteiger partial charge in [0.05, 0.1) is 0 Å². The van der Waals surface area contributed by atoms with Crippen molar-refractivity contribution in [1.82, 2.24) is 0 Å². The molecule has 3 nitrogen and oxygen atoms in total. The quantitative estimate of drug-likeness (QED) is 0.469. The molecule has 0 unspecified atom stereocenters. The Morgan fingerprint density at radius 1 is 0.750 bits per heavy atom. The molecular formula is C13H15NO2. The van der Waals surface area contributed by atoms with Crippen LogP contribution in [0.5, 0.6) is 11.5 Å². The lowest BCUT2D eigenvalue weighted by Crippen LogP contribution is -1.80. The molecule has 0 aliphatic carbocycles. The lowest BCUT2D eigenvalue weighted by Gasteiger charge is -1.89. The third-order valence-electron chi connectivity index (χ3n) is 1.93. The van der Waals surface area contributed by atoms with Crippen LogP contribution in [0.25, 0.3) is 0 Å². The molecule has 2 rings (SSSR count). The fraction of sp³-hybridized carbons (Fsp3) is 0.0769. The van der Waals surface area contributed by atoms with Gasteiger partial charge in [0.1, 0.15) is 11.5 Å². The van der Waals surface area contributed by atoms with Crippen LogP contribution in [0.15, 0.2) is 48.5 Å². The predicted octanol–water partition coefficient (Wildman–Crippen LogP) is 2.68. The first-order chi connectivity index (χ1) is 7.58. The van der Waals surface area contributed by atoms with Crippen molar-refractivity contribution in [3.05, 3.63) is 54.1 Å². The van der Waals surface area contributed by atoms with E-state index in [9.17, 15) is 0 Å². The maximum absolute atomic E-state index is 8.76. The summed E-state index contributed by atoms with van der Waals surface area (Å²) in [4.78, 5) is 0. The molecule has 84 valence electrons. The number of aryl methyl sites for hydroxylation is 1. The van der Waals surface area contributed by atoms with E-state index in [1.165, 1.54) is 5.56 Å². The molecule has 0 bridgehead atoms. The molecule has 2 aromatic carbocycles. The van der Waals surface area contributed by atoms with Crippen LogP contribution >= 0.6 is 0 Å². The van der Waals surface area contributed by atoms with Crippen LogP contribution in [0.4, 0.5) is 5.69 Å². The first kappa shape index (κ1) is 11.9. The summed E-state index contributed by atoms with van der Waals surface area (Å²) in [5.41, 5.74) is 7.15. The summed E-state index contributed by atoms with van der Waals surface area (Å²) in [6.45, 7) is 1.99. The molecule has 3 heteroatoms. The SMILES string of the molecule is Cc1ccc(O)cc1.Nc1ccc(O)cc1. The van der Waals surface area contributed by atoms with Crippen molar-refractivity contribution >= 4 is 5.69 Å². The summed E-state index contributed by atoms with van der Waals surface area (Å²) >= 11 is 0. The summed E-state index contributed by atoms with van der Waals surface area (Å²) < 4.78 is 0. The van der Waals surface area contributed by atoms with Crippen molar-refractivity contribution in [2.75, 3.05) is 5.73 Å². The van der Waals surface area contributed by atoms with Gasteiger partial charge in [0.15, 0.2) is 0 Å². The smallest absolute Gasteiger partial charge is 0.115 e. The summed E-state index contributed by atoms with van der Waals surface area (Å²) in [6.07, 6.45) is 0. The second kappa shape index (κ2) is 5.66. The molecule has 0 saturated heterocycles. The van der Waals surface area contributed by atoms with Gasteiger partial charge in [-0.2, -0.15) is 0 Å². The number of phenolic OH excluding ortho intramolecular Hbond substituents is 2. The molecule has 0 amide bonds. The van der Waals surface area contributed by atoms with E-state index in [-0.39, 0.29) is 5.75 Å². The lowest BCUT2D eigenvalue weighted by atomic mass is 10.2. The van der Waals surface area contributed by atoms with E-state index < -0.39 is 0 Å². The average Bonchev–Trinajstić information content (AvgIpc) is 2.28. The molecule has 0 spiro atoms. The van der Waals surface area contributed by atoms with E-state index in [2.05, 4.69) is 0 Å². The van der Waals surface area contributed by atoms with E-state index >= 15 is 0 Å². The Bertz CT molecular complexity index is 335. The predicted molar refractivity (Wildman–Crippen MR) is 65.4 cm³/mol. The van der Waals surface area contributed by atoms with Gasteiger partial charge in [-0.25, -0.2) is 0 Å². The zero-order valence-corrected chi connectivity index (χ0v) is 9.09.